The van der Waals surface area contributed by atoms with Gasteiger partial charge in [-0.25, -0.2) is 0 Å². The molecule has 1 fully saturated rings. The second-order valence-electron chi connectivity index (χ2n) is 6.14. The predicted octanol–water partition coefficient (Wildman–Crippen LogP) is 3.83. The van der Waals surface area contributed by atoms with Crippen LogP contribution in [0.2, 0.25) is 0 Å². The Labute approximate surface area is 115 Å². The van der Waals surface area contributed by atoms with Crippen LogP contribution in [0.25, 0.3) is 10.9 Å². The highest BCUT2D eigenvalue weighted by atomic mass is 15.1. The predicted molar refractivity (Wildman–Crippen MR) is 81.4 cm³/mol. The fraction of sp³-hybridized carbons (Fsp3) is 0.529. The van der Waals surface area contributed by atoms with Crippen LogP contribution in [0.4, 0.5) is 0 Å². The largest absolute Gasteiger partial charge is 0.361 e. The van der Waals surface area contributed by atoms with Crippen molar-refractivity contribution in [2.75, 3.05) is 13.1 Å². The van der Waals surface area contributed by atoms with E-state index in [1.165, 1.54) is 42.4 Å². The van der Waals surface area contributed by atoms with Gasteiger partial charge in [0, 0.05) is 36.2 Å². The molecule has 1 N–H and O–H groups in total. The molecule has 2 aromatic rings. The Morgan fingerprint density at radius 1 is 1.26 bits per heavy atom. The highest BCUT2D eigenvalue weighted by Crippen LogP contribution is 2.30. The van der Waals surface area contributed by atoms with Gasteiger partial charge in [-0.2, -0.15) is 0 Å². The molecule has 0 amide bonds. The van der Waals surface area contributed by atoms with Crippen LogP contribution in [0.5, 0.6) is 0 Å². The second-order valence-corrected chi connectivity index (χ2v) is 6.14. The SMILES string of the molecule is CC(C)N(CCc1c[nH]c2ccccc12)CC1CC1. The van der Waals surface area contributed by atoms with Gasteiger partial charge >= 0.3 is 0 Å². The number of para-hydroxylation sites is 1. The number of hydrogen-bond donors (Lipinski definition) is 1. The van der Waals surface area contributed by atoms with Crippen LogP contribution < -0.4 is 0 Å². The Kier molecular flexibility index (Phi) is 3.61. The maximum atomic E-state index is 3.38. The zero-order valence-corrected chi connectivity index (χ0v) is 12.0. The minimum absolute atomic E-state index is 0.658. The van der Waals surface area contributed by atoms with Crippen molar-refractivity contribution < 1.29 is 0 Å². The van der Waals surface area contributed by atoms with Crippen LogP contribution in [0.1, 0.15) is 32.3 Å². The zero-order valence-electron chi connectivity index (χ0n) is 12.0. The van der Waals surface area contributed by atoms with Crippen molar-refractivity contribution in [3.63, 3.8) is 0 Å². The maximum Gasteiger partial charge on any atom is 0.0456 e. The molecule has 1 heterocycles. The van der Waals surface area contributed by atoms with Crippen molar-refractivity contribution >= 4 is 10.9 Å². The molecule has 0 atom stereocenters. The number of nitrogens with one attached hydrogen (secondary N) is 1. The number of aromatic amines is 1. The van der Waals surface area contributed by atoms with Gasteiger partial charge in [-0.3, -0.25) is 0 Å². The first-order chi connectivity index (χ1) is 9.24. The van der Waals surface area contributed by atoms with E-state index in [0.29, 0.717) is 6.04 Å². The Balaban J connectivity index is 1.66. The molecule has 1 aromatic heterocycles. The van der Waals surface area contributed by atoms with Gasteiger partial charge in [0.25, 0.3) is 0 Å². The molecular weight excluding hydrogens is 232 g/mol. The second kappa shape index (κ2) is 5.38. The van der Waals surface area contributed by atoms with Gasteiger partial charge in [0.1, 0.15) is 0 Å². The van der Waals surface area contributed by atoms with Gasteiger partial charge in [-0.15, -0.1) is 0 Å². The van der Waals surface area contributed by atoms with E-state index < -0.39 is 0 Å². The van der Waals surface area contributed by atoms with E-state index in [1.807, 2.05) is 0 Å². The first-order valence-electron chi connectivity index (χ1n) is 7.53. The van der Waals surface area contributed by atoms with Gasteiger partial charge in [0.05, 0.1) is 0 Å². The molecule has 2 heteroatoms. The Bertz CT molecular complexity index is 537. The third-order valence-electron chi connectivity index (χ3n) is 4.26. The fourth-order valence-electron chi connectivity index (χ4n) is 2.79. The summed E-state index contributed by atoms with van der Waals surface area (Å²) in [7, 11) is 0. The van der Waals surface area contributed by atoms with Crippen molar-refractivity contribution in [1.82, 2.24) is 9.88 Å². The van der Waals surface area contributed by atoms with Crippen molar-refractivity contribution in [1.29, 1.82) is 0 Å². The third kappa shape index (κ3) is 3.01. The molecule has 3 rings (SSSR count). The highest BCUT2D eigenvalue weighted by molar-refractivity contribution is 5.83. The van der Waals surface area contributed by atoms with E-state index in [1.54, 1.807) is 0 Å². The van der Waals surface area contributed by atoms with Gasteiger partial charge in [0.15, 0.2) is 0 Å². The minimum atomic E-state index is 0.658. The summed E-state index contributed by atoms with van der Waals surface area (Å²) in [5.74, 6) is 0.977. The summed E-state index contributed by atoms with van der Waals surface area (Å²) in [6.07, 6.45) is 6.21. The molecule has 0 saturated heterocycles. The molecule has 1 aliphatic carbocycles. The smallest absolute Gasteiger partial charge is 0.0456 e. The van der Waals surface area contributed by atoms with Crippen molar-refractivity contribution in [3.8, 4) is 0 Å². The molecule has 1 aromatic carbocycles. The molecule has 2 nitrogen and oxygen atoms in total. The monoisotopic (exact) mass is 256 g/mol. The van der Waals surface area contributed by atoms with E-state index in [0.717, 1.165) is 12.3 Å². The molecule has 0 unspecified atom stereocenters. The first-order valence-corrected chi connectivity index (χ1v) is 7.53. The van der Waals surface area contributed by atoms with Gasteiger partial charge in [0.2, 0.25) is 0 Å². The average Bonchev–Trinajstić information content (AvgIpc) is 3.13. The van der Waals surface area contributed by atoms with Gasteiger partial charge < -0.3 is 9.88 Å². The third-order valence-corrected chi connectivity index (χ3v) is 4.26. The van der Waals surface area contributed by atoms with E-state index in [9.17, 15) is 0 Å². The maximum absolute atomic E-state index is 3.38. The van der Waals surface area contributed by atoms with E-state index >= 15 is 0 Å². The first kappa shape index (κ1) is 12.7. The van der Waals surface area contributed by atoms with Crippen LogP contribution in [-0.2, 0) is 6.42 Å². The van der Waals surface area contributed by atoms with Crippen molar-refractivity contribution in [3.05, 3.63) is 36.0 Å². The number of rotatable bonds is 6. The molecule has 0 radical (unpaired) electrons. The summed E-state index contributed by atoms with van der Waals surface area (Å²) >= 11 is 0. The molecule has 19 heavy (non-hydrogen) atoms. The summed E-state index contributed by atoms with van der Waals surface area (Å²) in [6.45, 7) is 7.10. The van der Waals surface area contributed by atoms with Crippen LogP contribution in [-0.4, -0.2) is 29.0 Å². The number of benzene rings is 1. The molecule has 0 spiro atoms. The van der Waals surface area contributed by atoms with Crippen LogP contribution in [0, 0.1) is 5.92 Å². The highest BCUT2D eigenvalue weighted by Gasteiger charge is 2.25. The molecule has 0 aliphatic heterocycles. The van der Waals surface area contributed by atoms with E-state index in [-0.39, 0.29) is 0 Å². The lowest BCUT2D eigenvalue weighted by molar-refractivity contribution is 0.215. The lowest BCUT2D eigenvalue weighted by atomic mass is 10.1. The van der Waals surface area contributed by atoms with Gasteiger partial charge in [-0.1, -0.05) is 18.2 Å². The number of fused-ring (bicyclic) bond motifs is 1. The molecule has 0 bridgehead atoms. The molecule has 1 aliphatic rings. The zero-order chi connectivity index (χ0) is 13.2. The summed E-state index contributed by atoms with van der Waals surface area (Å²) in [6, 6.07) is 9.26. The number of H-pyrrole nitrogens is 1. The molecule has 102 valence electrons. The summed E-state index contributed by atoms with van der Waals surface area (Å²) < 4.78 is 0. The average molecular weight is 256 g/mol. The topological polar surface area (TPSA) is 19.0 Å². The van der Waals surface area contributed by atoms with Crippen LogP contribution >= 0.6 is 0 Å². The summed E-state index contributed by atoms with van der Waals surface area (Å²) in [5, 5.41) is 1.39. The van der Waals surface area contributed by atoms with Gasteiger partial charge in [-0.05, 0) is 50.7 Å². The Hall–Kier alpha value is -1.28. The fourth-order valence-corrected chi connectivity index (χ4v) is 2.79. The molecular formula is C17H24N2. The number of aromatic nitrogens is 1. The van der Waals surface area contributed by atoms with E-state index in [2.05, 4.69) is 54.2 Å². The lowest BCUT2D eigenvalue weighted by Crippen LogP contribution is -2.34. The van der Waals surface area contributed by atoms with Crippen LogP contribution in [0.3, 0.4) is 0 Å². The Morgan fingerprint density at radius 2 is 2.05 bits per heavy atom. The number of hydrogen-bond acceptors (Lipinski definition) is 1. The number of nitrogens with zero attached hydrogens (tertiary/aromatic N) is 1. The quantitative estimate of drug-likeness (QED) is 0.832. The van der Waals surface area contributed by atoms with Crippen molar-refractivity contribution in [2.24, 2.45) is 5.92 Å². The van der Waals surface area contributed by atoms with E-state index in [4.69, 9.17) is 0 Å². The lowest BCUT2D eigenvalue weighted by Gasteiger charge is -2.26. The standard InChI is InChI=1S/C17H24N2/c1-13(2)19(12-14-7-8-14)10-9-15-11-18-17-6-4-3-5-16(15)17/h3-6,11,13-14,18H,7-10,12H2,1-2H3. The normalized spacial score (nSPS) is 15.8. The summed E-state index contributed by atoms with van der Waals surface area (Å²) in [5.41, 5.74) is 2.72. The molecule has 1 saturated carbocycles. The summed E-state index contributed by atoms with van der Waals surface area (Å²) in [4.78, 5) is 6.01. The van der Waals surface area contributed by atoms with Crippen LogP contribution in [0.15, 0.2) is 30.5 Å². The minimum Gasteiger partial charge on any atom is -0.361 e. The Morgan fingerprint density at radius 3 is 2.79 bits per heavy atom. The van der Waals surface area contributed by atoms with Crippen molar-refractivity contribution in [2.45, 2.75) is 39.2 Å².